The quantitative estimate of drug-likeness (QED) is 0.872. The minimum Gasteiger partial charge on any atom is -0.381 e. The zero-order valence-corrected chi connectivity index (χ0v) is 11.2. The van der Waals surface area contributed by atoms with Gasteiger partial charge in [0.2, 0.25) is 5.91 Å². The first-order chi connectivity index (χ1) is 9.33. The highest BCUT2D eigenvalue weighted by atomic mass is 16.2. The van der Waals surface area contributed by atoms with Gasteiger partial charge >= 0.3 is 0 Å². The minimum absolute atomic E-state index is 0.247. The highest BCUT2D eigenvalue weighted by molar-refractivity contribution is 5.95. The SMILES string of the molecule is O=C1CCCN1c1cccc(NC2CCCNC2)c1. The summed E-state index contributed by atoms with van der Waals surface area (Å²) in [6, 6.07) is 8.72. The van der Waals surface area contributed by atoms with E-state index in [4.69, 9.17) is 0 Å². The number of rotatable bonds is 3. The minimum atomic E-state index is 0.247. The molecule has 2 aliphatic heterocycles. The molecule has 0 saturated carbocycles. The maximum absolute atomic E-state index is 11.8. The first kappa shape index (κ1) is 12.5. The van der Waals surface area contributed by atoms with Crippen LogP contribution in [-0.4, -0.2) is 31.6 Å². The first-order valence-corrected chi connectivity index (χ1v) is 7.20. The average molecular weight is 259 g/mol. The van der Waals surface area contributed by atoms with Gasteiger partial charge in [0.05, 0.1) is 0 Å². The van der Waals surface area contributed by atoms with Gasteiger partial charge in [-0.1, -0.05) is 6.07 Å². The monoisotopic (exact) mass is 259 g/mol. The number of nitrogens with one attached hydrogen (secondary N) is 2. The van der Waals surface area contributed by atoms with Gasteiger partial charge in [0, 0.05) is 36.9 Å². The molecule has 1 aromatic carbocycles. The van der Waals surface area contributed by atoms with Crippen LogP contribution in [0.5, 0.6) is 0 Å². The summed E-state index contributed by atoms with van der Waals surface area (Å²) in [6.45, 7) is 3.00. The van der Waals surface area contributed by atoms with Gasteiger partial charge in [-0.3, -0.25) is 4.79 Å². The van der Waals surface area contributed by atoms with E-state index in [9.17, 15) is 4.79 Å². The van der Waals surface area contributed by atoms with Gasteiger partial charge in [-0.05, 0) is 44.0 Å². The second-order valence-corrected chi connectivity index (χ2v) is 5.39. The van der Waals surface area contributed by atoms with Gasteiger partial charge in [-0.15, -0.1) is 0 Å². The second-order valence-electron chi connectivity index (χ2n) is 5.39. The molecular weight excluding hydrogens is 238 g/mol. The summed E-state index contributed by atoms with van der Waals surface area (Å²) in [7, 11) is 0. The van der Waals surface area contributed by atoms with Crippen LogP contribution in [0.4, 0.5) is 11.4 Å². The molecule has 0 spiro atoms. The molecule has 2 fully saturated rings. The van der Waals surface area contributed by atoms with Crippen molar-refractivity contribution in [1.29, 1.82) is 0 Å². The van der Waals surface area contributed by atoms with E-state index in [2.05, 4.69) is 22.8 Å². The van der Waals surface area contributed by atoms with Crippen LogP contribution in [0.15, 0.2) is 24.3 Å². The smallest absolute Gasteiger partial charge is 0.227 e. The Kier molecular flexibility index (Phi) is 3.69. The highest BCUT2D eigenvalue weighted by Gasteiger charge is 2.22. The molecule has 2 heterocycles. The molecule has 4 nitrogen and oxygen atoms in total. The Balaban J connectivity index is 1.70. The van der Waals surface area contributed by atoms with Crippen molar-refractivity contribution in [3.8, 4) is 0 Å². The largest absolute Gasteiger partial charge is 0.381 e. The van der Waals surface area contributed by atoms with Crippen LogP contribution >= 0.6 is 0 Å². The Bertz CT molecular complexity index is 454. The van der Waals surface area contributed by atoms with Crippen LogP contribution < -0.4 is 15.5 Å². The van der Waals surface area contributed by atoms with Gasteiger partial charge in [0.1, 0.15) is 0 Å². The Labute approximate surface area is 114 Å². The van der Waals surface area contributed by atoms with E-state index in [-0.39, 0.29) is 5.91 Å². The Morgan fingerprint density at radius 1 is 1.32 bits per heavy atom. The van der Waals surface area contributed by atoms with Crippen LogP contribution in [0, 0.1) is 0 Å². The van der Waals surface area contributed by atoms with Gasteiger partial charge in [0.15, 0.2) is 0 Å². The van der Waals surface area contributed by atoms with Crippen molar-refractivity contribution < 1.29 is 4.79 Å². The third kappa shape index (κ3) is 2.89. The predicted molar refractivity (Wildman–Crippen MR) is 77.5 cm³/mol. The fourth-order valence-corrected chi connectivity index (χ4v) is 2.90. The number of carbonyl (C=O) groups excluding carboxylic acids is 1. The molecule has 0 aromatic heterocycles. The Morgan fingerprint density at radius 3 is 3.00 bits per heavy atom. The molecule has 1 amide bonds. The van der Waals surface area contributed by atoms with Gasteiger partial charge in [-0.25, -0.2) is 0 Å². The van der Waals surface area contributed by atoms with Crippen LogP contribution in [0.3, 0.4) is 0 Å². The number of amides is 1. The summed E-state index contributed by atoms with van der Waals surface area (Å²) in [6.07, 6.45) is 4.09. The van der Waals surface area contributed by atoms with Crippen LogP contribution in [0.1, 0.15) is 25.7 Å². The van der Waals surface area contributed by atoms with E-state index in [1.165, 1.54) is 12.8 Å². The van der Waals surface area contributed by atoms with Crippen molar-refractivity contribution in [3.05, 3.63) is 24.3 Å². The lowest BCUT2D eigenvalue weighted by atomic mass is 10.1. The van der Waals surface area contributed by atoms with Crippen molar-refractivity contribution in [2.75, 3.05) is 29.9 Å². The summed E-state index contributed by atoms with van der Waals surface area (Å²) in [4.78, 5) is 13.7. The molecule has 0 aliphatic carbocycles. The number of nitrogens with zero attached hydrogens (tertiary/aromatic N) is 1. The van der Waals surface area contributed by atoms with Gasteiger partial charge in [-0.2, -0.15) is 0 Å². The van der Waals surface area contributed by atoms with Crippen LogP contribution in [-0.2, 0) is 4.79 Å². The zero-order valence-electron chi connectivity index (χ0n) is 11.2. The highest BCUT2D eigenvalue weighted by Crippen LogP contribution is 2.25. The maximum atomic E-state index is 11.8. The van der Waals surface area contributed by atoms with Crippen LogP contribution in [0.25, 0.3) is 0 Å². The first-order valence-electron chi connectivity index (χ1n) is 7.20. The Morgan fingerprint density at radius 2 is 2.26 bits per heavy atom. The summed E-state index contributed by atoms with van der Waals surface area (Å²) in [5, 5.41) is 6.96. The predicted octanol–water partition coefficient (Wildman–Crippen LogP) is 1.98. The average Bonchev–Trinajstić information content (AvgIpc) is 2.86. The molecule has 3 rings (SSSR count). The second kappa shape index (κ2) is 5.61. The van der Waals surface area contributed by atoms with E-state index < -0.39 is 0 Å². The maximum Gasteiger partial charge on any atom is 0.227 e. The standard InChI is InChI=1S/C15H21N3O/c19-15-7-3-9-18(15)14-6-1-4-12(10-14)17-13-5-2-8-16-11-13/h1,4,6,10,13,16-17H,2-3,5,7-9,11H2. The molecule has 1 unspecified atom stereocenters. The van der Waals surface area contributed by atoms with Gasteiger partial charge in [0.25, 0.3) is 0 Å². The van der Waals surface area contributed by atoms with Gasteiger partial charge < -0.3 is 15.5 Å². The molecular formula is C15H21N3O. The molecule has 2 aliphatic rings. The summed E-state index contributed by atoms with van der Waals surface area (Å²) in [5.41, 5.74) is 2.14. The molecule has 1 aromatic rings. The molecule has 0 bridgehead atoms. The van der Waals surface area contributed by atoms with E-state index in [1.807, 2.05) is 17.0 Å². The lowest BCUT2D eigenvalue weighted by Gasteiger charge is -2.25. The normalized spacial score (nSPS) is 23.7. The lowest BCUT2D eigenvalue weighted by molar-refractivity contribution is -0.117. The van der Waals surface area contributed by atoms with E-state index in [1.54, 1.807) is 0 Å². The number of piperidine rings is 1. The van der Waals surface area contributed by atoms with E-state index in [0.717, 1.165) is 37.4 Å². The third-order valence-corrected chi connectivity index (χ3v) is 3.90. The van der Waals surface area contributed by atoms with Crippen molar-refractivity contribution in [2.24, 2.45) is 0 Å². The molecule has 4 heteroatoms. The molecule has 19 heavy (non-hydrogen) atoms. The summed E-state index contributed by atoms with van der Waals surface area (Å²) >= 11 is 0. The number of hydrogen-bond acceptors (Lipinski definition) is 3. The number of anilines is 2. The Hall–Kier alpha value is -1.55. The van der Waals surface area contributed by atoms with Crippen LogP contribution in [0.2, 0.25) is 0 Å². The van der Waals surface area contributed by atoms with E-state index >= 15 is 0 Å². The topological polar surface area (TPSA) is 44.4 Å². The summed E-state index contributed by atoms with van der Waals surface area (Å²) < 4.78 is 0. The van der Waals surface area contributed by atoms with Crippen molar-refractivity contribution in [3.63, 3.8) is 0 Å². The fourth-order valence-electron chi connectivity index (χ4n) is 2.90. The summed E-state index contributed by atoms with van der Waals surface area (Å²) in [5.74, 6) is 0.247. The zero-order chi connectivity index (χ0) is 13.1. The van der Waals surface area contributed by atoms with Crippen molar-refractivity contribution >= 4 is 17.3 Å². The molecule has 1 atom stereocenters. The molecule has 2 saturated heterocycles. The van der Waals surface area contributed by atoms with E-state index in [0.29, 0.717) is 12.5 Å². The number of benzene rings is 1. The number of carbonyl (C=O) groups is 1. The number of hydrogen-bond donors (Lipinski definition) is 2. The lowest BCUT2D eigenvalue weighted by Crippen LogP contribution is -2.38. The van der Waals surface area contributed by atoms with Crippen molar-refractivity contribution in [1.82, 2.24) is 5.32 Å². The molecule has 102 valence electrons. The van der Waals surface area contributed by atoms with Crippen molar-refractivity contribution in [2.45, 2.75) is 31.7 Å². The fraction of sp³-hybridized carbons (Fsp3) is 0.533. The molecule has 0 radical (unpaired) electrons. The third-order valence-electron chi connectivity index (χ3n) is 3.90. The molecule has 2 N–H and O–H groups in total.